The fraction of sp³-hybridized carbons (Fsp3) is 0.333. The van der Waals surface area contributed by atoms with Gasteiger partial charge in [-0.05, 0) is 0 Å². The molecule has 1 fully saturated rings. The molecule has 0 atom stereocenters. The SMILES string of the molecule is N#Cc1csc(C2OCCO2)c1C#N. The van der Waals surface area contributed by atoms with Crippen molar-refractivity contribution in [2.75, 3.05) is 13.2 Å². The molecule has 70 valence electrons. The first kappa shape index (κ1) is 9.17. The van der Waals surface area contributed by atoms with E-state index in [2.05, 4.69) is 0 Å². The Balaban J connectivity index is 2.39. The highest BCUT2D eigenvalue weighted by Crippen LogP contribution is 2.32. The maximum absolute atomic E-state index is 8.87. The maximum Gasteiger partial charge on any atom is 0.194 e. The summed E-state index contributed by atoms with van der Waals surface area (Å²) in [5.74, 6) is 0. The highest BCUT2D eigenvalue weighted by Gasteiger charge is 2.24. The molecular weight excluding hydrogens is 200 g/mol. The monoisotopic (exact) mass is 206 g/mol. The third-order valence-corrected chi connectivity index (χ3v) is 2.89. The Morgan fingerprint density at radius 2 is 2.00 bits per heavy atom. The molecule has 0 bridgehead atoms. The largest absolute Gasteiger partial charge is 0.345 e. The molecular formula is C9H6N2O2S. The van der Waals surface area contributed by atoms with Crippen LogP contribution in [0.4, 0.5) is 0 Å². The van der Waals surface area contributed by atoms with Crippen LogP contribution in [0.1, 0.15) is 22.3 Å². The molecule has 14 heavy (non-hydrogen) atoms. The lowest BCUT2D eigenvalue weighted by Crippen LogP contribution is -1.97. The minimum atomic E-state index is -0.461. The summed E-state index contributed by atoms with van der Waals surface area (Å²) in [4.78, 5) is 0.696. The Bertz CT molecular complexity index is 421. The van der Waals surface area contributed by atoms with E-state index < -0.39 is 6.29 Å². The van der Waals surface area contributed by atoms with Crippen molar-refractivity contribution in [3.05, 3.63) is 21.4 Å². The van der Waals surface area contributed by atoms with Gasteiger partial charge in [-0.25, -0.2) is 0 Å². The number of rotatable bonds is 1. The van der Waals surface area contributed by atoms with Gasteiger partial charge in [-0.1, -0.05) is 0 Å². The quantitative estimate of drug-likeness (QED) is 0.699. The number of nitrogens with zero attached hydrogens (tertiary/aromatic N) is 2. The molecule has 2 heterocycles. The first-order valence-electron chi connectivity index (χ1n) is 4.01. The van der Waals surface area contributed by atoms with E-state index in [9.17, 15) is 0 Å². The number of ether oxygens (including phenoxy) is 2. The van der Waals surface area contributed by atoms with Gasteiger partial charge < -0.3 is 9.47 Å². The van der Waals surface area contributed by atoms with Gasteiger partial charge in [-0.2, -0.15) is 10.5 Å². The van der Waals surface area contributed by atoms with Crippen LogP contribution in [-0.4, -0.2) is 13.2 Å². The lowest BCUT2D eigenvalue weighted by molar-refractivity contribution is -0.0415. The first-order chi connectivity index (χ1) is 6.86. The highest BCUT2D eigenvalue weighted by molar-refractivity contribution is 7.10. The predicted octanol–water partition coefficient (Wildman–Crippen LogP) is 1.54. The summed E-state index contributed by atoms with van der Waals surface area (Å²) >= 11 is 1.33. The maximum atomic E-state index is 8.87. The molecule has 1 saturated heterocycles. The molecule has 1 aliphatic heterocycles. The van der Waals surface area contributed by atoms with Crippen molar-refractivity contribution in [2.24, 2.45) is 0 Å². The van der Waals surface area contributed by atoms with Gasteiger partial charge in [0.2, 0.25) is 0 Å². The molecule has 0 unspecified atom stereocenters. The summed E-state index contributed by atoms with van der Waals surface area (Å²) in [6.07, 6.45) is -0.461. The molecule has 1 aromatic heterocycles. The number of thiophene rings is 1. The van der Waals surface area contributed by atoms with Gasteiger partial charge in [0.15, 0.2) is 6.29 Å². The molecule has 0 saturated carbocycles. The summed E-state index contributed by atoms with van der Waals surface area (Å²) in [5, 5.41) is 19.3. The molecule has 0 N–H and O–H groups in total. The second-order valence-corrected chi connectivity index (χ2v) is 3.60. The average Bonchev–Trinajstić information content (AvgIpc) is 2.85. The topological polar surface area (TPSA) is 66.0 Å². The molecule has 0 aliphatic carbocycles. The molecule has 5 heteroatoms. The Morgan fingerprint density at radius 3 is 2.57 bits per heavy atom. The van der Waals surface area contributed by atoms with E-state index >= 15 is 0 Å². The normalized spacial score (nSPS) is 16.4. The lowest BCUT2D eigenvalue weighted by atomic mass is 10.2. The van der Waals surface area contributed by atoms with Gasteiger partial charge in [0.05, 0.1) is 29.2 Å². The highest BCUT2D eigenvalue weighted by atomic mass is 32.1. The summed E-state index contributed by atoms with van der Waals surface area (Å²) < 4.78 is 10.5. The van der Waals surface area contributed by atoms with E-state index in [4.69, 9.17) is 20.0 Å². The van der Waals surface area contributed by atoms with Crippen molar-refractivity contribution in [2.45, 2.75) is 6.29 Å². The predicted molar refractivity (Wildman–Crippen MR) is 48.4 cm³/mol. The zero-order valence-corrected chi connectivity index (χ0v) is 8.00. The van der Waals surface area contributed by atoms with Gasteiger partial charge >= 0.3 is 0 Å². The van der Waals surface area contributed by atoms with Crippen LogP contribution in [0.2, 0.25) is 0 Å². The zero-order chi connectivity index (χ0) is 9.97. The first-order valence-corrected chi connectivity index (χ1v) is 4.89. The van der Waals surface area contributed by atoms with Gasteiger partial charge in [-0.3, -0.25) is 0 Å². The second-order valence-electron chi connectivity index (χ2n) is 2.69. The molecule has 2 rings (SSSR count). The number of nitriles is 2. The van der Waals surface area contributed by atoms with Gasteiger partial charge in [0.1, 0.15) is 12.1 Å². The summed E-state index contributed by atoms with van der Waals surface area (Å²) in [5.41, 5.74) is 0.774. The van der Waals surface area contributed by atoms with Gasteiger partial charge in [0, 0.05) is 5.38 Å². The summed E-state index contributed by atoms with van der Waals surface area (Å²) in [7, 11) is 0. The minimum Gasteiger partial charge on any atom is -0.345 e. The third-order valence-electron chi connectivity index (χ3n) is 1.89. The molecule has 0 radical (unpaired) electrons. The van der Waals surface area contributed by atoms with Crippen molar-refractivity contribution >= 4 is 11.3 Å². The minimum absolute atomic E-state index is 0.379. The zero-order valence-electron chi connectivity index (χ0n) is 7.19. The molecule has 4 nitrogen and oxygen atoms in total. The van der Waals surface area contributed by atoms with Crippen LogP contribution in [0, 0.1) is 22.7 Å². The van der Waals surface area contributed by atoms with Crippen molar-refractivity contribution < 1.29 is 9.47 Å². The lowest BCUT2D eigenvalue weighted by Gasteiger charge is -2.05. The summed E-state index contributed by atoms with van der Waals surface area (Å²) in [6.45, 7) is 1.07. The number of hydrogen-bond donors (Lipinski definition) is 0. The van der Waals surface area contributed by atoms with E-state index in [1.165, 1.54) is 11.3 Å². The van der Waals surface area contributed by atoms with Crippen LogP contribution in [0.25, 0.3) is 0 Å². The molecule has 0 spiro atoms. The third kappa shape index (κ3) is 1.38. The standard InChI is InChI=1S/C9H6N2O2S/c10-3-6-5-14-8(7(6)4-11)9-12-1-2-13-9/h5,9H,1-2H2. The van der Waals surface area contributed by atoms with Gasteiger partial charge in [-0.15, -0.1) is 11.3 Å². The average molecular weight is 206 g/mol. The van der Waals surface area contributed by atoms with Crippen LogP contribution in [-0.2, 0) is 9.47 Å². The van der Waals surface area contributed by atoms with E-state index in [0.29, 0.717) is 29.2 Å². The van der Waals surface area contributed by atoms with Crippen molar-refractivity contribution in [3.8, 4) is 12.1 Å². The van der Waals surface area contributed by atoms with Crippen LogP contribution in [0.3, 0.4) is 0 Å². The Labute approximate surface area is 84.9 Å². The Kier molecular flexibility index (Phi) is 2.47. The van der Waals surface area contributed by atoms with E-state index in [1.807, 2.05) is 12.1 Å². The fourth-order valence-electron chi connectivity index (χ4n) is 1.25. The van der Waals surface area contributed by atoms with E-state index in [-0.39, 0.29) is 0 Å². The van der Waals surface area contributed by atoms with Crippen molar-refractivity contribution in [3.63, 3.8) is 0 Å². The van der Waals surface area contributed by atoms with Crippen LogP contribution < -0.4 is 0 Å². The fourth-order valence-corrected chi connectivity index (χ4v) is 2.19. The van der Waals surface area contributed by atoms with Crippen LogP contribution in [0.15, 0.2) is 5.38 Å². The smallest absolute Gasteiger partial charge is 0.194 e. The van der Waals surface area contributed by atoms with Crippen molar-refractivity contribution in [1.82, 2.24) is 0 Å². The van der Waals surface area contributed by atoms with Gasteiger partial charge in [0.25, 0.3) is 0 Å². The number of hydrogen-bond acceptors (Lipinski definition) is 5. The van der Waals surface area contributed by atoms with Crippen molar-refractivity contribution in [1.29, 1.82) is 10.5 Å². The van der Waals surface area contributed by atoms with Crippen LogP contribution in [0.5, 0.6) is 0 Å². The molecule has 1 aromatic rings. The Morgan fingerprint density at radius 1 is 1.29 bits per heavy atom. The Hall–Kier alpha value is -1.40. The molecule has 1 aliphatic rings. The van der Waals surface area contributed by atoms with E-state index in [0.717, 1.165) is 0 Å². The van der Waals surface area contributed by atoms with E-state index in [1.54, 1.807) is 5.38 Å². The molecule has 0 aromatic carbocycles. The molecule has 0 amide bonds. The second kappa shape index (κ2) is 3.77. The van der Waals surface area contributed by atoms with Crippen LogP contribution >= 0.6 is 11.3 Å². The summed E-state index contributed by atoms with van der Waals surface area (Å²) in [6, 6.07) is 3.97.